The third kappa shape index (κ3) is 3.83. The first kappa shape index (κ1) is 15.0. The predicted octanol–water partition coefficient (Wildman–Crippen LogP) is 4.53. The van der Waals surface area contributed by atoms with Crippen molar-refractivity contribution in [2.45, 2.75) is 13.0 Å². The number of hydrogen-bond donors (Lipinski definition) is 2. The fourth-order valence-electron chi connectivity index (χ4n) is 2.25. The summed E-state index contributed by atoms with van der Waals surface area (Å²) >= 11 is 0. The Labute approximate surface area is 134 Å². The SMILES string of the molecule is CC(Nc1cc(Nc2ccccc2F)ncn1)c1ccccc1. The van der Waals surface area contributed by atoms with Gasteiger partial charge < -0.3 is 10.6 Å². The highest BCUT2D eigenvalue weighted by Gasteiger charge is 2.07. The molecule has 0 spiro atoms. The van der Waals surface area contributed by atoms with E-state index in [1.807, 2.05) is 18.2 Å². The van der Waals surface area contributed by atoms with Gasteiger partial charge in [-0.15, -0.1) is 0 Å². The molecule has 2 N–H and O–H groups in total. The second-order valence-corrected chi connectivity index (χ2v) is 5.17. The Balaban J connectivity index is 1.74. The molecule has 4 nitrogen and oxygen atoms in total. The summed E-state index contributed by atoms with van der Waals surface area (Å²) in [4.78, 5) is 8.34. The van der Waals surface area contributed by atoms with E-state index in [1.165, 1.54) is 12.4 Å². The van der Waals surface area contributed by atoms with Crippen LogP contribution in [0.4, 0.5) is 21.7 Å². The van der Waals surface area contributed by atoms with E-state index >= 15 is 0 Å². The molecule has 0 saturated carbocycles. The van der Waals surface area contributed by atoms with Crippen LogP contribution in [-0.2, 0) is 0 Å². The summed E-state index contributed by atoms with van der Waals surface area (Å²) in [6.07, 6.45) is 1.45. The van der Waals surface area contributed by atoms with Gasteiger partial charge in [-0.05, 0) is 24.6 Å². The maximum atomic E-state index is 13.7. The molecule has 23 heavy (non-hydrogen) atoms. The zero-order valence-corrected chi connectivity index (χ0v) is 12.7. The van der Waals surface area contributed by atoms with E-state index in [-0.39, 0.29) is 11.9 Å². The molecule has 0 bridgehead atoms. The zero-order chi connectivity index (χ0) is 16.1. The van der Waals surface area contributed by atoms with E-state index in [9.17, 15) is 4.39 Å². The van der Waals surface area contributed by atoms with Crippen molar-refractivity contribution in [2.24, 2.45) is 0 Å². The minimum absolute atomic E-state index is 0.104. The highest BCUT2D eigenvalue weighted by Crippen LogP contribution is 2.21. The second kappa shape index (κ2) is 6.87. The van der Waals surface area contributed by atoms with Crippen LogP contribution in [-0.4, -0.2) is 9.97 Å². The van der Waals surface area contributed by atoms with Crippen molar-refractivity contribution >= 4 is 17.3 Å². The van der Waals surface area contributed by atoms with Gasteiger partial charge in [-0.3, -0.25) is 0 Å². The fraction of sp³-hybridized carbons (Fsp3) is 0.111. The summed E-state index contributed by atoms with van der Waals surface area (Å²) < 4.78 is 13.7. The predicted molar refractivity (Wildman–Crippen MR) is 90.2 cm³/mol. The molecule has 0 amide bonds. The lowest BCUT2D eigenvalue weighted by Gasteiger charge is -2.15. The Bertz CT molecular complexity index is 777. The number of aromatic nitrogens is 2. The molecular weight excluding hydrogens is 291 g/mol. The van der Waals surface area contributed by atoms with Gasteiger partial charge in [0.05, 0.1) is 5.69 Å². The summed E-state index contributed by atoms with van der Waals surface area (Å²) in [7, 11) is 0. The summed E-state index contributed by atoms with van der Waals surface area (Å²) in [6, 6.07) is 18.4. The van der Waals surface area contributed by atoms with Crippen molar-refractivity contribution in [1.29, 1.82) is 0 Å². The number of nitrogens with zero attached hydrogens (tertiary/aromatic N) is 2. The van der Waals surface area contributed by atoms with Crippen LogP contribution < -0.4 is 10.6 Å². The molecule has 3 aromatic rings. The van der Waals surface area contributed by atoms with Gasteiger partial charge >= 0.3 is 0 Å². The van der Waals surface area contributed by atoms with Gasteiger partial charge in [0, 0.05) is 12.1 Å². The molecule has 116 valence electrons. The number of benzene rings is 2. The van der Waals surface area contributed by atoms with Crippen LogP contribution in [0, 0.1) is 5.82 Å². The van der Waals surface area contributed by atoms with Gasteiger partial charge in [0.2, 0.25) is 0 Å². The number of nitrogens with one attached hydrogen (secondary N) is 2. The Morgan fingerprint density at radius 2 is 1.61 bits per heavy atom. The number of hydrogen-bond acceptors (Lipinski definition) is 4. The van der Waals surface area contributed by atoms with Crippen molar-refractivity contribution in [3.63, 3.8) is 0 Å². The minimum atomic E-state index is -0.321. The standard InChI is InChI=1S/C18H17FN4/c1-13(14-7-3-2-4-8-14)22-17-11-18(21-12-20-17)23-16-10-6-5-9-15(16)19/h2-13H,1H3,(H2,20,21,22,23). The molecule has 3 rings (SSSR count). The number of rotatable bonds is 5. The molecular formula is C18H17FN4. The number of para-hydroxylation sites is 1. The molecule has 0 saturated heterocycles. The normalized spacial score (nSPS) is 11.7. The number of anilines is 3. The first-order valence-electron chi connectivity index (χ1n) is 7.37. The molecule has 0 aliphatic heterocycles. The van der Waals surface area contributed by atoms with Crippen LogP contribution in [0.2, 0.25) is 0 Å². The average Bonchev–Trinajstić information content (AvgIpc) is 2.58. The third-order valence-electron chi connectivity index (χ3n) is 3.47. The Kier molecular flexibility index (Phi) is 4.47. The first-order valence-corrected chi connectivity index (χ1v) is 7.37. The largest absolute Gasteiger partial charge is 0.363 e. The van der Waals surface area contributed by atoms with E-state index in [4.69, 9.17) is 0 Å². The monoisotopic (exact) mass is 308 g/mol. The van der Waals surface area contributed by atoms with Crippen LogP contribution in [0.15, 0.2) is 67.0 Å². The van der Waals surface area contributed by atoms with Crippen molar-refractivity contribution in [2.75, 3.05) is 10.6 Å². The van der Waals surface area contributed by atoms with Crippen molar-refractivity contribution < 1.29 is 4.39 Å². The molecule has 0 radical (unpaired) electrons. The molecule has 1 atom stereocenters. The summed E-state index contributed by atoms with van der Waals surface area (Å²) in [5.41, 5.74) is 1.54. The molecule has 2 aromatic carbocycles. The van der Waals surface area contributed by atoms with E-state index < -0.39 is 0 Å². The van der Waals surface area contributed by atoms with Crippen LogP contribution in [0.25, 0.3) is 0 Å². The summed E-state index contributed by atoms with van der Waals surface area (Å²) in [5, 5.41) is 6.27. The van der Waals surface area contributed by atoms with E-state index in [1.54, 1.807) is 24.3 Å². The van der Waals surface area contributed by atoms with Gasteiger partial charge in [0.25, 0.3) is 0 Å². The van der Waals surface area contributed by atoms with Gasteiger partial charge in [-0.25, -0.2) is 14.4 Å². The fourth-order valence-corrected chi connectivity index (χ4v) is 2.25. The molecule has 0 aliphatic rings. The quantitative estimate of drug-likeness (QED) is 0.727. The second-order valence-electron chi connectivity index (χ2n) is 5.17. The van der Waals surface area contributed by atoms with E-state index in [0.717, 1.165) is 5.56 Å². The van der Waals surface area contributed by atoms with Crippen molar-refractivity contribution in [3.05, 3.63) is 78.4 Å². The lowest BCUT2D eigenvalue weighted by atomic mass is 10.1. The maximum absolute atomic E-state index is 13.7. The molecule has 1 unspecified atom stereocenters. The highest BCUT2D eigenvalue weighted by atomic mass is 19.1. The van der Waals surface area contributed by atoms with Gasteiger partial charge in [-0.2, -0.15) is 0 Å². The highest BCUT2D eigenvalue weighted by molar-refractivity contribution is 5.59. The number of halogens is 1. The maximum Gasteiger partial charge on any atom is 0.146 e. The Morgan fingerprint density at radius 3 is 2.39 bits per heavy atom. The van der Waals surface area contributed by atoms with E-state index in [0.29, 0.717) is 17.3 Å². The van der Waals surface area contributed by atoms with Gasteiger partial charge in [-0.1, -0.05) is 42.5 Å². The third-order valence-corrected chi connectivity index (χ3v) is 3.47. The molecule has 1 aromatic heterocycles. The van der Waals surface area contributed by atoms with Crippen molar-refractivity contribution in [3.8, 4) is 0 Å². The summed E-state index contributed by atoms with van der Waals surface area (Å²) in [6.45, 7) is 2.06. The molecule has 1 heterocycles. The first-order chi connectivity index (χ1) is 11.2. The summed E-state index contributed by atoms with van der Waals surface area (Å²) in [5.74, 6) is 0.890. The topological polar surface area (TPSA) is 49.8 Å². The van der Waals surface area contributed by atoms with Gasteiger partial charge in [0.1, 0.15) is 23.8 Å². The Morgan fingerprint density at radius 1 is 0.913 bits per heavy atom. The van der Waals surface area contributed by atoms with Crippen LogP contribution in [0.3, 0.4) is 0 Å². The van der Waals surface area contributed by atoms with Crippen LogP contribution in [0.5, 0.6) is 0 Å². The molecule has 0 aliphatic carbocycles. The van der Waals surface area contributed by atoms with Gasteiger partial charge in [0.15, 0.2) is 0 Å². The lowest BCUT2D eigenvalue weighted by Crippen LogP contribution is -2.08. The Hall–Kier alpha value is -2.95. The van der Waals surface area contributed by atoms with Crippen LogP contribution in [0.1, 0.15) is 18.5 Å². The smallest absolute Gasteiger partial charge is 0.146 e. The molecule has 5 heteroatoms. The lowest BCUT2D eigenvalue weighted by molar-refractivity contribution is 0.632. The zero-order valence-electron chi connectivity index (χ0n) is 12.7. The minimum Gasteiger partial charge on any atom is -0.363 e. The van der Waals surface area contributed by atoms with E-state index in [2.05, 4.69) is 39.7 Å². The van der Waals surface area contributed by atoms with Crippen LogP contribution >= 0.6 is 0 Å². The molecule has 0 fully saturated rings. The van der Waals surface area contributed by atoms with Crippen molar-refractivity contribution in [1.82, 2.24) is 9.97 Å². The average molecular weight is 308 g/mol.